The van der Waals surface area contributed by atoms with Crippen molar-refractivity contribution in [2.45, 2.75) is 64.4 Å². The van der Waals surface area contributed by atoms with Gasteiger partial charge in [-0.2, -0.15) is 0 Å². The van der Waals surface area contributed by atoms with Crippen LogP contribution in [0.25, 0.3) is 0 Å². The maximum Gasteiger partial charge on any atom is 0.0809 e. The quantitative estimate of drug-likeness (QED) is 0.642. The molecule has 0 aliphatic carbocycles. The molecular formula is C17H34O4. The Morgan fingerprint density at radius 2 is 1.24 bits per heavy atom. The Balaban J connectivity index is 2.05. The predicted molar refractivity (Wildman–Crippen MR) is 84.8 cm³/mol. The van der Waals surface area contributed by atoms with Crippen LogP contribution in [0.3, 0.4) is 0 Å². The Bertz CT molecular complexity index is 199. The van der Waals surface area contributed by atoms with Gasteiger partial charge >= 0.3 is 0 Å². The summed E-state index contributed by atoms with van der Waals surface area (Å²) in [7, 11) is 0. The monoisotopic (exact) mass is 302 g/mol. The van der Waals surface area contributed by atoms with Gasteiger partial charge < -0.3 is 18.9 Å². The SMILES string of the molecule is CCCCCCCCCC1COCCOCCOCCO1. The van der Waals surface area contributed by atoms with Gasteiger partial charge in [0.15, 0.2) is 0 Å². The molecule has 21 heavy (non-hydrogen) atoms. The van der Waals surface area contributed by atoms with Crippen molar-refractivity contribution in [3.8, 4) is 0 Å². The molecule has 1 unspecified atom stereocenters. The minimum absolute atomic E-state index is 0.212. The molecule has 1 atom stereocenters. The molecule has 0 bridgehead atoms. The fraction of sp³-hybridized carbons (Fsp3) is 1.00. The lowest BCUT2D eigenvalue weighted by Crippen LogP contribution is -2.24. The van der Waals surface area contributed by atoms with E-state index in [2.05, 4.69) is 6.92 Å². The highest BCUT2D eigenvalue weighted by Gasteiger charge is 2.10. The topological polar surface area (TPSA) is 36.9 Å². The molecule has 1 aliphatic rings. The second-order valence-corrected chi connectivity index (χ2v) is 5.70. The average Bonchev–Trinajstić information content (AvgIpc) is 2.48. The van der Waals surface area contributed by atoms with Gasteiger partial charge in [-0.3, -0.25) is 0 Å². The van der Waals surface area contributed by atoms with Gasteiger partial charge in [0.1, 0.15) is 0 Å². The molecule has 4 nitrogen and oxygen atoms in total. The maximum absolute atomic E-state index is 5.87. The van der Waals surface area contributed by atoms with Gasteiger partial charge in [0.2, 0.25) is 0 Å². The minimum Gasteiger partial charge on any atom is -0.377 e. The number of ether oxygens (including phenoxy) is 4. The van der Waals surface area contributed by atoms with E-state index in [1.165, 1.54) is 44.9 Å². The van der Waals surface area contributed by atoms with Gasteiger partial charge in [0.25, 0.3) is 0 Å². The van der Waals surface area contributed by atoms with Crippen molar-refractivity contribution in [2.24, 2.45) is 0 Å². The van der Waals surface area contributed by atoms with Crippen molar-refractivity contribution in [1.82, 2.24) is 0 Å². The van der Waals surface area contributed by atoms with E-state index >= 15 is 0 Å². The molecule has 0 radical (unpaired) electrons. The minimum atomic E-state index is 0.212. The summed E-state index contributed by atoms with van der Waals surface area (Å²) in [6, 6.07) is 0. The Morgan fingerprint density at radius 1 is 0.667 bits per heavy atom. The number of hydrogen-bond acceptors (Lipinski definition) is 4. The molecule has 0 aromatic rings. The van der Waals surface area contributed by atoms with Gasteiger partial charge in [-0.1, -0.05) is 51.9 Å². The normalized spacial score (nSPS) is 22.4. The summed E-state index contributed by atoms with van der Waals surface area (Å²) in [5.74, 6) is 0. The van der Waals surface area contributed by atoms with Crippen LogP contribution in [0.15, 0.2) is 0 Å². The third-order valence-electron chi connectivity index (χ3n) is 3.76. The first-order valence-electron chi connectivity index (χ1n) is 8.78. The third kappa shape index (κ3) is 12.1. The molecule has 1 aliphatic heterocycles. The van der Waals surface area contributed by atoms with Gasteiger partial charge in [-0.25, -0.2) is 0 Å². The van der Waals surface area contributed by atoms with Crippen LogP contribution in [0.1, 0.15) is 58.3 Å². The summed E-state index contributed by atoms with van der Waals surface area (Å²) in [6.45, 7) is 6.83. The fourth-order valence-corrected chi connectivity index (χ4v) is 2.47. The third-order valence-corrected chi connectivity index (χ3v) is 3.76. The predicted octanol–water partition coefficient (Wildman–Crippen LogP) is 3.58. The second-order valence-electron chi connectivity index (χ2n) is 5.70. The highest BCUT2D eigenvalue weighted by atomic mass is 16.6. The van der Waals surface area contributed by atoms with Gasteiger partial charge in [-0.05, 0) is 6.42 Å². The lowest BCUT2D eigenvalue weighted by molar-refractivity contribution is -0.0690. The van der Waals surface area contributed by atoms with Crippen LogP contribution in [-0.4, -0.2) is 52.4 Å². The van der Waals surface area contributed by atoms with Gasteiger partial charge in [0, 0.05) is 0 Å². The summed E-state index contributed by atoms with van der Waals surface area (Å²) in [5, 5.41) is 0. The van der Waals surface area contributed by atoms with Crippen molar-refractivity contribution in [2.75, 3.05) is 46.2 Å². The first-order chi connectivity index (χ1) is 10.4. The molecular weight excluding hydrogens is 268 g/mol. The lowest BCUT2D eigenvalue weighted by Gasteiger charge is -2.19. The molecule has 0 aromatic heterocycles. The van der Waals surface area contributed by atoms with E-state index < -0.39 is 0 Å². The second kappa shape index (κ2) is 14.8. The molecule has 1 saturated heterocycles. The zero-order valence-corrected chi connectivity index (χ0v) is 13.8. The number of rotatable bonds is 8. The van der Waals surface area contributed by atoms with Crippen molar-refractivity contribution >= 4 is 0 Å². The Labute approximate surface area is 130 Å². The summed E-state index contributed by atoms with van der Waals surface area (Å²) >= 11 is 0. The fourth-order valence-electron chi connectivity index (χ4n) is 2.47. The smallest absolute Gasteiger partial charge is 0.0809 e. The molecule has 0 spiro atoms. The summed E-state index contributed by atoms with van der Waals surface area (Å²) < 4.78 is 22.3. The van der Waals surface area contributed by atoms with E-state index in [1.54, 1.807) is 0 Å². The molecule has 0 amide bonds. The number of hydrogen-bond donors (Lipinski definition) is 0. The van der Waals surface area contributed by atoms with Crippen LogP contribution in [0.2, 0.25) is 0 Å². The highest BCUT2D eigenvalue weighted by Crippen LogP contribution is 2.11. The molecule has 0 aromatic carbocycles. The van der Waals surface area contributed by atoms with Crippen molar-refractivity contribution in [3.05, 3.63) is 0 Å². The molecule has 4 heteroatoms. The molecule has 0 saturated carbocycles. The zero-order valence-electron chi connectivity index (χ0n) is 13.8. The van der Waals surface area contributed by atoms with Crippen molar-refractivity contribution < 1.29 is 18.9 Å². The summed E-state index contributed by atoms with van der Waals surface area (Å²) in [6.07, 6.45) is 10.7. The van der Waals surface area contributed by atoms with E-state index in [4.69, 9.17) is 18.9 Å². The summed E-state index contributed by atoms with van der Waals surface area (Å²) in [4.78, 5) is 0. The largest absolute Gasteiger partial charge is 0.377 e. The first kappa shape index (κ1) is 18.9. The van der Waals surface area contributed by atoms with E-state index in [1.807, 2.05) is 0 Å². The Morgan fingerprint density at radius 3 is 1.95 bits per heavy atom. The van der Waals surface area contributed by atoms with E-state index in [-0.39, 0.29) is 6.10 Å². The standard InChI is InChI=1S/C17H34O4/c1-2-3-4-5-6-7-8-9-17-16-20-13-12-18-10-11-19-14-15-21-17/h17H,2-16H2,1H3. The van der Waals surface area contributed by atoms with Crippen LogP contribution >= 0.6 is 0 Å². The maximum atomic E-state index is 5.87. The van der Waals surface area contributed by atoms with Crippen molar-refractivity contribution in [3.63, 3.8) is 0 Å². The highest BCUT2D eigenvalue weighted by molar-refractivity contribution is 4.59. The first-order valence-corrected chi connectivity index (χ1v) is 8.78. The van der Waals surface area contributed by atoms with Gasteiger partial charge in [0.05, 0.1) is 52.4 Å². The number of unbranched alkanes of at least 4 members (excludes halogenated alkanes) is 6. The average molecular weight is 302 g/mol. The van der Waals surface area contributed by atoms with E-state index in [0.717, 1.165) is 6.42 Å². The van der Waals surface area contributed by atoms with E-state index in [0.29, 0.717) is 46.2 Å². The van der Waals surface area contributed by atoms with Crippen LogP contribution in [0, 0.1) is 0 Å². The molecule has 1 fully saturated rings. The molecule has 0 N–H and O–H groups in total. The van der Waals surface area contributed by atoms with Crippen LogP contribution in [-0.2, 0) is 18.9 Å². The van der Waals surface area contributed by atoms with Crippen LogP contribution in [0.4, 0.5) is 0 Å². The molecule has 1 heterocycles. The van der Waals surface area contributed by atoms with Crippen LogP contribution < -0.4 is 0 Å². The van der Waals surface area contributed by atoms with E-state index in [9.17, 15) is 0 Å². The summed E-state index contributed by atoms with van der Waals surface area (Å²) in [5.41, 5.74) is 0. The van der Waals surface area contributed by atoms with Crippen molar-refractivity contribution in [1.29, 1.82) is 0 Å². The molecule has 126 valence electrons. The van der Waals surface area contributed by atoms with Crippen LogP contribution in [0.5, 0.6) is 0 Å². The Kier molecular flexibility index (Phi) is 13.3. The zero-order chi connectivity index (χ0) is 15.0. The molecule has 1 rings (SSSR count). The Hall–Kier alpha value is -0.160. The van der Waals surface area contributed by atoms with Gasteiger partial charge in [-0.15, -0.1) is 0 Å². The lowest BCUT2D eigenvalue weighted by atomic mass is 10.1.